The summed E-state index contributed by atoms with van der Waals surface area (Å²) in [6.07, 6.45) is -4.35. The van der Waals surface area contributed by atoms with Crippen LogP contribution in [0.5, 0.6) is 0 Å². The van der Waals surface area contributed by atoms with Crippen LogP contribution < -0.4 is 0 Å². The number of hydrogen-bond acceptors (Lipinski definition) is 5. The average Bonchev–Trinajstić information content (AvgIpc) is 2.00. The Morgan fingerprint density at radius 2 is 1.86 bits per heavy atom. The van der Waals surface area contributed by atoms with Gasteiger partial charge in [0, 0.05) is 9.03 Å². The van der Waals surface area contributed by atoms with E-state index in [0.29, 0.717) is 25.6 Å². The third kappa shape index (κ3) is 5.79. The Balaban J connectivity index is 2.52. The van der Waals surface area contributed by atoms with Crippen molar-refractivity contribution in [3.05, 3.63) is 0 Å². The first-order valence-electron chi connectivity index (χ1n) is 2.99. The van der Waals surface area contributed by atoms with Gasteiger partial charge in [-0.05, 0) is 0 Å². The molecule has 1 atom stereocenters. The summed E-state index contributed by atoms with van der Waals surface area (Å²) in [4.78, 5) is 0. The lowest BCUT2D eigenvalue weighted by molar-refractivity contribution is -0.151. The Morgan fingerprint density at radius 1 is 1.14 bits per heavy atom. The lowest BCUT2D eigenvalue weighted by atomic mass is 10.7. The van der Waals surface area contributed by atoms with E-state index in [1.807, 2.05) is 0 Å². The maximum Gasteiger partial charge on any atom is 0.548 e. The van der Waals surface area contributed by atoms with Crippen LogP contribution in [0.25, 0.3) is 0 Å². The van der Waals surface area contributed by atoms with Crippen LogP contribution in [0.15, 0.2) is 18.1 Å². The summed E-state index contributed by atoms with van der Waals surface area (Å²) in [6.45, 7) is -1.34. The lowest BCUT2D eigenvalue weighted by Crippen LogP contribution is -2.14. The SMILES string of the molecule is FC(F)(F)CO[P+]1=NP=NP=NP=N1. The molecule has 0 saturated heterocycles. The van der Waals surface area contributed by atoms with Gasteiger partial charge in [-0.2, -0.15) is 22.2 Å². The van der Waals surface area contributed by atoms with Crippen molar-refractivity contribution >= 4 is 33.7 Å². The monoisotopic (exact) mass is 279 g/mol. The molecule has 1 aliphatic heterocycles. The smallest absolute Gasteiger partial charge is 0.168 e. The van der Waals surface area contributed by atoms with Crippen molar-refractivity contribution in [3.63, 3.8) is 0 Å². The van der Waals surface area contributed by atoms with Crippen LogP contribution in [0.2, 0.25) is 0 Å². The van der Waals surface area contributed by atoms with Crippen molar-refractivity contribution in [3.8, 4) is 0 Å². The zero-order valence-electron chi connectivity index (χ0n) is 6.33. The Kier molecular flexibility index (Phi) is 5.14. The van der Waals surface area contributed by atoms with Crippen LogP contribution in [0.4, 0.5) is 13.2 Å². The first-order valence-corrected chi connectivity index (χ1v) is 6.56. The minimum Gasteiger partial charge on any atom is -0.168 e. The summed E-state index contributed by atoms with van der Waals surface area (Å²) in [6, 6.07) is 0. The standard InChI is InChI=1S/C2H2F3N4OP4/c3-2(4,5)1-10-14-8-12-6-11-7-13-9-14/h1H2/q+1. The van der Waals surface area contributed by atoms with Crippen LogP contribution in [-0.2, 0) is 4.52 Å². The molecule has 76 valence electrons. The minimum atomic E-state index is -4.35. The van der Waals surface area contributed by atoms with E-state index < -0.39 is 20.9 Å². The molecule has 0 spiro atoms. The first-order chi connectivity index (χ1) is 6.58. The van der Waals surface area contributed by atoms with Gasteiger partial charge in [-0.25, -0.2) is 0 Å². The molecule has 1 rings (SSSR count). The lowest BCUT2D eigenvalue weighted by Gasteiger charge is -1.98. The molecule has 0 aliphatic carbocycles. The molecule has 0 aromatic rings. The molecule has 12 heteroatoms. The second-order valence-corrected chi connectivity index (χ2v) is 5.93. The van der Waals surface area contributed by atoms with Crippen LogP contribution >= 0.6 is 33.7 Å². The van der Waals surface area contributed by atoms with Gasteiger partial charge in [0.2, 0.25) is 17.0 Å². The molecular weight excluding hydrogens is 277 g/mol. The van der Waals surface area contributed by atoms with Crippen molar-refractivity contribution < 1.29 is 17.7 Å². The zero-order chi connectivity index (χ0) is 10.4. The van der Waals surface area contributed by atoms with E-state index in [1.54, 1.807) is 0 Å². The van der Waals surface area contributed by atoms with Gasteiger partial charge in [0.1, 0.15) is 0 Å². The third-order valence-corrected chi connectivity index (χ3v) is 4.24. The van der Waals surface area contributed by atoms with Gasteiger partial charge in [-0.15, -0.1) is 4.52 Å². The van der Waals surface area contributed by atoms with Crippen LogP contribution in [0, 0.1) is 0 Å². The molecule has 1 aliphatic rings. The van der Waals surface area contributed by atoms with E-state index in [4.69, 9.17) is 0 Å². The number of nitrogens with zero attached hydrogens (tertiary/aromatic N) is 4. The highest BCUT2D eigenvalue weighted by molar-refractivity contribution is 7.55. The Labute approximate surface area is 82.9 Å². The number of hydrogen-bond donors (Lipinski definition) is 0. The summed E-state index contributed by atoms with van der Waals surface area (Å²) in [5.41, 5.74) is 0. The summed E-state index contributed by atoms with van der Waals surface area (Å²) < 4.78 is 54.5. The second-order valence-electron chi connectivity index (χ2n) is 1.77. The number of halogens is 3. The molecular formula is C2H2F3N4OP4+. The number of alkyl halides is 3. The molecule has 0 bridgehead atoms. The molecule has 0 aromatic heterocycles. The van der Waals surface area contributed by atoms with E-state index in [-0.39, 0.29) is 0 Å². The van der Waals surface area contributed by atoms with Crippen molar-refractivity contribution in [1.82, 2.24) is 0 Å². The van der Waals surface area contributed by atoms with Crippen LogP contribution in [0.1, 0.15) is 0 Å². The normalized spacial score (nSPS) is 22.4. The first kappa shape index (κ1) is 12.2. The van der Waals surface area contributed by atoms with Gasteiger partial charge in [0.05, 0.1) is 0 Å². The fourth-order valence-electron chi connectivity index (χ4n) is 0.358. The van der Waals surface area contributed by atoms with Gasteiger partial charge in [-0.3, -0.25) is 0 Å². The van der Waals surface area contributed by atoms with E-state index in [1.165, 1.54) is 0 Å². The molecule has 0 saturated carbocycles. The van der Waals surface area contributed by atoms with Crippen molar-refractivity contribution in [2.24, 2.45) is 18.1 Å². The molecule has 14 heavy (non-hydrogen) atoms. The van der Waals surface area contributed by atoms with Gasteiger partial charge < -0.3 is 0 Å². The van der Waals surface area contributed by atoms with Gasteiger partial charge in [0.25, 0.3) is 0 Å². The van der Waals surface area contributed by atoms with E-state index >= 15 is 0 Å². The molecule has 1 heterocycles. The maximum atomic E-state index is 11.7. The highest BCUT2D eigenvalue weighted by atomic mass is 31.2. The minimum absolute atomic E-state index is 0.308. The van der Waals surface area contributed by atoms with Crippen molar-refractivity contribution in [2.45, 2.75) is 6.18 Å². The average molecular weight is 279 g/mol. The van der Waals surface area contributed by atoms with E-state index in [0.717, 1.165) is 0 Å². The summed E-state index contributed by atoms with van der Waals surface area (Å²) >= 11 is 0. The van der Waals surface area contributed by atoms with Crippen molar-refractivity contribution in [2.75, 3.05) is 6.61 Å². The molecule has 0 fully saturated rings. The predicted octanol–water partition coefficient (Wildman–Crippen LogP) is 5.21. The molecule has 5 nitrogen and oxygen atoms in total. The fourth-order valence-corrected chi connectivity index (χ4v) is 3.73. The summed E-state index contributed by atoms with van der Waals surface area (Å²) in [5.74, 6) is 0. The van der Waals surface area contributed by atoms with Gasteiger partial charge >= 0.3 is 14.3 Å². The Hall–Kier alpha value is 0.150. The zero-order valence-corrected chi connectivity index (χ0v) is 9.90. The fraction of sp³-hybridized carbons (Fsp3) is 1.00. The highest BCUT2D eigenvalue weighted by Crippen LogP contribution is 2.41. The quantitative estimate of drug-likeness (QED) is 0.640. The Bertz CT molecular complexity index is 310. The molecule has 0 aromatic carbocycles. The molecule has 0 amide bonds. The molecule has 0 N–H and O–H groups in total. The van der Waals surface area contributed by atoms with E-state index in [9.17, 15) is 13.2 Å². The number of rotatable bonds is 2. The van der Waals surface area contributed by atoms with Crippen molar-refractivity contribution in [1.29, 1.82) is 0 Å². The van der Waals surface area contributed by atoms with Crippen LogP contribution in [0.3, 0.4) is 0 Å². The van der Waals surface area contributed by atoms with Gasteiger partial charge in [0.15, 0.2) is 15.1 Å². The second kappa shape index (κ2) is 5.89. The summed E-state index contributed by atoms with van der Waals surface area (Å²) in [7, 11) is -0.667. The topological polar surface area (TPSA) is 58.7 Å². The maximum absolute atomic E-state index is 11.7. The third-order valence-electron chi connectivity index (χ3n) is 0.737. The largest absolute Gasteiger partial charge is 0.548 e. The molecule has 1 unspecified atom stereocenters. The predicted molar refractivity (Wildman–Crippen MR) is 49.4 cm³/mol. The Morgan fingerprint density at radius 3 is 2.57 bits per heavy atom. The van der Waals surface area contributed by atoms with Gasteiger partial charge in [-0.1, -0.05) is 0 Å². The van der Waals surface area contributed by atoms with Crippen LogP contribution in [-0.4, -0.2) is 12.8 Å². The molecule has 0 radical (unpaired) electrons. The van der Waals surface area contributed by atoms with E-state index in [2.05, 4.69) is 22.6 Å². The highest BCUT2D eigenvalue weighted by Gasteiger charge is 2.33. The summed E-state index contributed by atoms with van der Waals surface area (Å²) in [5, 5.41) is 0.